The first-order valence-corrected chi connectivity index (χ1v) is 6.50. The Morgan fingerprint density at radius 1 is 1.45 bits per heavy atom. The molecular weight excluding hydrogens is 260 g/mol. The first-order chi connectivity index (χ1) is 9.61. The number of aliphatic hydroxyl groups is 1. The van der Waals surface area contributed by atoms with Crippen molar-refractivity contribution >= 4 is 11.6 Å². The Morgan fingerprint density at radius 2 is 2.25 bits per heavy atom. The van der Waals surface area contributed by atoms with Crippen molar-refractivity contribution in [3.63, 3.8) is 0 Å². The van der Waals surface area contributed by atoms with Gasteiger partial charge in [0.05, 0.1) is 6.61 Å². The van der Waals surface area contributed by atoms with E-state index in [1.165, 1.54) is 6.92 Å². The Morgan fingerprint density at radius 3 is 2.95 bits per heavy atom. The molecule has 0 fully saturated rings. The highest BCUT2D eigenvalue weighted by Gasteiger charge is 2.05. The van der Waals surface area contributed by atoms with Crippen molar-refractivity contribution < 1.29 is 19.4 Å². The number of benzene rings is 1. The maximum atomic E-state index is 11.0. The highest BCUT2D eigenvalue weighted by molar-refractivity contribution is 5.88. The van der Waals surface area contributed by atoms with Gasteiger partial charge in [0.1, 0.15) is 18.5 Å². The number of amides is 1. The molecule has 0 radical (unpaired) electrons. The van der Waals surface area contributed by atoms with Crippen LogP contribution in [0.5, 0.6) is 5.75 Å². The molecule has 3 N–H and O–H groups in total. The third-order valence-corrected chi connectivity index (χ3v) is 2.46. The van der Waals surface area contributed by atoms with Crippen LogP contribution >= 0.6 is 0 Å². The minimum absolute atomic E-state index is 0.135. The smallest absolute Gasteiger partial charge is 0.221 e. The molecule has 1 aromatic carbocycles. The molecule has 0 bridgehead atoms. The molecule has 0 aliphatic carbocycles. The number of anilines is 1. The summed E-state index contributed by atoms with van der Waals surface area (Å²) in [5.74, 6) is 0.469. The lowest BCUT2D eigenvalue weighted by atomic mass is 10.3. The van der Waals surface area contributed by atoms with E-state index in [1.54, 1.807) is 31.4 Å². The van der Waals surface area contributed by atoms with E-state index in [0.717, 1.165) is 0 Å². The topological polar surface area (TPSA) is 79.8 Å². The molecular formula is C14H22N2O4. The number of ether oxygens (including phenoxy) is 2. The molecule has 6 heteroatoms. The summed E-state index contributed by atoms with van der Waals surface area (Å²) in [5.41, 5.74) is 0.669. The van der Waals surface area contributed by atoms with Crippen LogP contribution in [0.15, 0.2) is 24.3 Å². The fraction of sp³-hybridized carbons (Fsp3) is 0.500. The zero-order chi connectivity index (χ0) is 14.8. The predicted molar refractivity (Wildman–Crippen MR) is 77.0 cm³/mol. The van der Waals surface area contributed by atoms with E-state index in [4.69, 9.17) is 9.47 Å². The van der Waals surface area contributed by atoms with Gasteiger partial charge in [-0.05, 0) is 12.1 Å². The van der Waals surface area contributed by atoms with Crippen molar-refractivity contribution in [3.8, 4) is 5.75 Å². The second-order valence-electron chi connectivity index (χ2n) is 4.37. The number of methoxy groups -OCH3 is 1. The third-order valence-electron chi connectivity index (χ3n) is 2.46. The Balaban J connectivity index is 2.31. The highest BCUT2D eigenvalue weighted by Crippen LogP contribution is 2.17. The van der Waals surface area contributed by atoms with Crippen molar-refractivity contribution in [2.75, 3.05) is 38.7 Å². The Labute approximate surface area is 119 Å². The molecule has 0 heterocycles. The number of hydrogen-bond donors (Lipinski definition) is 3. The minimum atomic E-state index is -0.601. The maximum absolute atomic E-state index is 11.0. The van der Waals surface area contributed by atoms with E-state index < -0.39 is 6.10 Å². The Hall–Kier alpha value is -1.63. The van der Waals surface area contributed by atoms with Crippen LogP contribution in [0, 0.1) is 0 Å². The predicted octanol–water partition coefficient (Wildman–Crippen LogP) is 0.621. The van der Waals surface area contributed by atoms with Crippen molar-refractivity contribution in [1.29, 1.82) is 0 Å². The van der Waals surface area contributed by atoms with Gasteiger partial charge in [0.25, 0.3) is 0 Å². The molecule has 1 amide bonds. The first kappa shape index (κ1) is 16.4. The average molecular weight is 282 g/mol. The Bertz CT molecular complexity index is 412. The van der Waals surface area contributed by atoms with Crippen LogP contribution in [0.4, 0.5) is 5.69 Å². The zero-order valence-electron chi connectivity index (χ0n) is 11.9. The lowest BCUT2D eigenvalue weighted by Gasteiger charge is -2.13. The van der Waals surface area contributed by atoms with Gasteiger partial charge in [0.2, 0.25) is 5.91 Å². The zero-order valence-corrected chi connectivity index (χ0v) is 11.9. The van der Waals surface area contributed by atoms with Crippen molar-refractivity contribution in [2.45, 2.75) is 13.0 Å². The second kappa shape index (κ2) is 9.30. The number of rotatable bonds is 9. The van der Waals surface area contributed by atoms with Gasteiger partial charge in [-0.2, -0.15) is 0 Å². The van der Waals surface area contributed by atoms with E-state index >= 15 is 0 Å². The van der Waals surface area contributed by atoms with Crippen molar-refractivity contribution in [1.82, 2.24) is 5.32 Å². The van der Waals surface area contributed by atoms with Crippen molar-refractivity contribution in [2.24, 2.45) is 0 Å². The molecule has 0 saturated heterocycles. The van der Waals surface area contributed by atoms with E-state index in [-0.39, 0.29) is 12.5 Å². The molecule has 0 spiro atoms. The standard InChI is InChI=1S/C14H22N2O4/c1-11(17)16-12-4-3-5-14(8-12)20-10-13(18)9-15-6-7-19-2/h3-5,8,13,15,18H,6-7,9-10H2,1-2H3,(H,16,17). The third kappa shape index (κ3) is 7.08. The molecule has 1 aromatic rings. The fourth-order valence-corrected chi connectivity index (χ4v) is 1.56. The molecule has 1 rings (SSSR count). The van der Waals surface area contributed by atoms with Gasteiger partial charge in [0, 0.05) is 38.9 Å². The van der Waals surface area contributed by atoms with Gasteiger partial charge < -0.3 is 25.2 Å². The van der Waals surface area contributed by atoms with Crippen LogP contribution in [0.25, 0.3) is 0 Å². The molecule has 0 aliphatic heterocycles. The number of nitrogens with one attached hydrogen (secondary N) is 2. The van der Waals surface area contributed by atoms with Gasteiger partial charge in [0.15, 0.2) is 0 Å². The number of carbonyl (C=O) groups excluding carboxylic acids is 1. The van der Waals surface area contributed by atoms with Crippen molar-refractivity contribution in [3.05, 3.63) is 24.3 Å². The monoisotopic (exact) mass is 282 g/mol. The molecule has 0 aromatic heterocycles. The summed E-state index contributed by atoms with van der Waals surface area (Å²) in [6.45, 7) is 3.36. The van der Waals surface area contributed by atoms with Crippen LogP contribution in [-0.4, -0.2) is 50.5 Å². The van der Waals surface area contributed by atoms with Gasteiger partial charge in [-0.15, -0.1) is 0 Å². The van der Waals surface area contributed by atoms with Crippen LogP contribution in [0.1, 0.15) is 6.92 Å². The summed E-state index contributed by atoms with van der Waals surface area (Å²) in [6.07, 6.45) is -0.601. The number of hydrogen-bond acceptors (Lipinski definition) is 5. The van der Waals surface area contributed by atoms with E-state index in [0.29, 0.717) is 31.1 Å². The molecule has 0 aliphatic rings. The summed E-state index contributed by atoms with van der Waals surface area (Å²) >= 11 is 0. The minimum Gasteiger partial charge on any atom is -0.491 e. The normalized spacial score (nSPS) is 11.9. The Kier molecular flexibility index (Phi) is 7.64. The summed E-state index contributed by atoms with van der Waals surface area (Å²) in [5, 5.41) is 15.4. The van der Waals surface area contributed by atoms with Gasteiger partial charge in [-0.3, -0.25) is 4.79 Å². The first-order valence-electron chi connectivity index (χ1n) is 6.50. The van der Waals surface area contributed by atoms with Gasteiger partial charge in [-0.25, -0.2) is 0 Å². The van der Waals surface area contributed by atoms with E-state index in [1.807, 2.05) is 0 Å². The number of aliphatic hydroxyl groups excluding tert-OH is 1. The average Bonchev–Trinajstić information content (AvgIpc) is 2.41. The lowest BCUT2D eigenvalue weighted by Crippen LogP contribution is -2.33. The molecule has 1 unspecified atom stereocenters. The maximum Gasteiger partial charge on any atom is 0.221 e. The molecule has 112 valence electrons. The van der Waals surface area contributed by atoms with Gasteiger partial charge >= 0.3 is 0 Å². The molecule has 20 heavy (non-hydrogen) atoms. The summed E-state index contributed by atoms with van der Waals surface area (Å²) < 4.78 is 10.4. The molecule has 0 saturated carbocycles. The van der Waals surface area contributed by atoms with Crippen LogP contribution in [0.3, 0.4) is 0 Å². The number of carbonyl (C=O) groups is 1. The molecule has 1 atom stereocenters. The van der Waals surface area contributed by atoms with E-state index in [9.17, 15) is 9.90 Å². The largest absolute Gasteiger partial charge is 0.491 e. The molecule has 6 nitrogen and oxygen atoms in total. The summed E-state index contributed by atoms with van der Waals surface area (Å²) in [6, 6.07) is 7.05. The van der Waals surface area contributed by atoms with Crippen LogP contribution in [0.2, 0.25) is 0 Å². The lowest BCUT2D eigenvalue weighted by molar-refractivity contribution is -0.114. The van der Waals surface area contributed by atoms with Gasteiger partial charge in [-0.1, -0.05) is 6.07 Å². The second-order valence-corrected chi connectivity index (χ2v) is 4.37. The highest BCUT2D eigenvalue weighted by atomic mass is 16.5. The van der Waals surface area contributed by atoms with Crippen LogP contribution in [-0.2, 0) is 9.53 Å². The fourth-order valence-electron chi connectivity index (χ4n) is 1.56. The quantitative estimate of drug-likeness (QED) is 0.579. The summed E-state index contributed by atoms with van der Waals surface area (Å²) in [7, 11) is 1.63. The SMILES string of the molecule is COCCNCC(O)COc1cccc(NC(C)=O)c1. The van der Waals surface area contributed by atoms with E-state index in [2.05, 4.69) is 10.6 Å². The summed E-state index contributed by atoms with van der Waals surface area (Å²) in [4.78, 5) is 11.0. The van der Waals surface area contributed by atoms with Crippen LogP contribution < -0.4 is 15.4 Å².